The van der Waals surface area contributed by atoms with Gasteiger partial charge in [0.25, 0.3) is 0 Å². The minimum absolute atomic E-state index is 0.561. The molecule has 1 aromatic rings. The van der Waals surface area contributed by atoms with Crippen LogP contribution in [0.3, 0.4) is 0 Å². The van der Waals surface area contributed by atoms with Gasteiger partial charge >= 0.3 is 0 Å². The van der Waals surface area contributed by atoms with Crippen molar-refractivity contribution >= 4 is 5.69 Å². The van der Waals surface area contributed by atoms with Crippen molar-refractivity contribution in [3.05, 3.63) is 23.8 Å². The molecule has 0 spiro atoms. The van der Waals surface area contributed by atoms with Gasteiger partial charge in [0.1, 0.15) is 12.4 Å². The lowest BCUT2D eigenvalue weighted by Gasteiger charge is -2.32. The summed E-state index contributed by atoms with van der Waals surface area (Å²) >= 11 is 0. The summed E-state index contributed by atoms with van der Waals surface area (Å²) in [5.74, 6) is 1.02. The summed E-state index contributed by atoms with van der Waals surface area (Å²) in [6.45, 7) is 2.92. The normalized spacial score (nSPS) is 24.1. The minimum Gasteiger partial charge on any atom is -0.490 e. The largest absolute Gasteiger partial charge is 0.490 e. The Hall–Kier alpha value is -1.22. The maximum Gasteiger partial charge on any atom is 0.142 e. The molecular formula is C12H16N2O. The monoisotopic (exact) mass is 204 g/mol. The second kappa shape index (κ2) is 3.42. The fourth-order valence-electron chi connectivity index (χ4n) is 2.16. The van der Waals surface area contributed by atoms with Gasteiger partial charge < -0.3 is 15.0 Å². The van der Waals surface area contributed by atoms with Crippen LogP contribution in [0.1, 0.15) is 18.0 Å². The van der Waals surface area contributed by atoms with Crippen LogP contribution in [0.5, 0.6) is 5.75 Å². The van der Waals surface area contributed by atoms with E-state index in [9.17, 15) is 0 Å². The summed E-state index contributed by atoms with van der Waals surface area (Å²) in [5.41, 5.74) is 2.62. The molecule has 2 aliphatic rings. The highest BCUT2D eigenvalue weighted by atomic mass is 16.5. The number of hydrogen-bond acceptors (Lipinski definition) is 3. The Morgan fingerprint density at radius 2 is 2.33 bits per heavy atom. The zero-order valence-corrected chi connectivity index (χ0v) is 8.99. The molecule has 3 heteroatoms. The molecule has 1 aromatic carbocycles. The van der Waals surface area contributed by atoms with Crippen LogP contribution in [-0.2, 0) is 0 Å². The predicted octanol–water partition coefficient (Wildman–Crippen LogP) is 1.55. The van der Waals surface area contributed by atoms with E-state index in [2.05, 4.69) is 35.5 Å². The van der Waals surface area contributed by atoms with Gasteiger partial charge in [-0.1, -0.05) is 6.07 Å². The molecule has 15 heavy (non-hydrogen) atoms. The second-order valence-electron chi connectivity index (χ2n) is 4.29. The smallest absolute Gasteiger partial charge is 0.142 e. The zero-order valence-electron chi connectivity index (χ0n) is 8.99. The summed E-state index contributed by atoms with van der Waals surface area (Å²) in [4.78, 5) is 2.26. The van der Waals surface area contributed by atoms with Gasteiger partial charge in [0.15, 0.2) is 0 Å². The van der Waals surface area contributed by atoms with Gasteiger partial charge in [0, 0.05) is 13.1 Å². The van der Waals surface area contributed by atoms with Crippen molar-refractivity contribution in [2.75, 3.05) is 31.6 Å². The van der Waals surface area contributed by atoms with E-state index in [0.717, 1.165) is 25.4 Å². The van der Waals surface area contributed by atoms with E-state index in [1.165, 1.54) is 17.7 Å². The van der Waals surface area contributed by atoms with Crippen molar-refractivity contribution in [3.8, 4) is 5.75 Å². The number of rotatable bonds is 1. The maximum absolute atomic E-state index is 5.62. The van der Waals surface area contributed by atoms with Gasteiger partial charge in [-0.2, -0.15) is 0 Å². The standard InChI is InChI=1S/C12H16N2O/c1-14-6-7-15-12-3-2-9(8-11(12)14)10-4-5-13-10/h2-3,8,10,13H,4-7H2,1H3. The van der Waals surface area contributed by atoms with Crippen LogP contribution >= 0.6 is 0 Å². The third kappa shape index (κ3) is 1.47. The zero-order chi connectivity index (χ0) is 10.3. The van der Waals surface area contributed by atoms with E-state index < -0.39 is 0 Å². The number of likely N-dealkylation sites (N-methyl/N-ethyl adjacent to an activating group) is 1. The van der Waals surface area contributed by atoms with E-state index in [1.807, 2.05) is 0 Å². The van der Waals surface area contributed by atoms with E-state index in [4.69, 9.17) is 4.74 Å². The first-order valence-electron chi connectivity index (χ1n) is 5.56. The minimum atomic E-state index is 0.561. The Bertz CT molecular complexity index is 374. The molecular weight excluding hydrogens is 188 g/mol. The molecule has 1 N–H and O–H groups in total. The van der Waals surface area contributed by atoms with Gasteiger partial charge in [-0.05, 0) is 30.7 Å². The lowest BCUT2D eigenvalue weighted by molar-refractivity contribution is 0.310. The molecule has 0 saturated carbocycles. The first-order valence-corrected chi connectivity index (χ1v) is 5.56. The molecule has 1 unspecified atom stereocenters. The quantitative estimate of drug-likeness (QED) is 0.751. The molecule has 0 bridgehead atoms. The van der Waals surface area contributed by atoms with E-state index >= 15 is 0 Å². The number of benzene rings is 1. The Morgan fingerprint density at radius 1 is 1.47 bits per heavy atom. The van der Waals surface area contributed by atoms with Crippen molar-refractivity contribution < 1.29 is 4.74 Å². The number of nitrogens with zero attached hydrogens (tertiary/aromatic N) is 1. The molecule has 2 aliphatic heterocycles. The van der Waals surface area contributed by atoms with Crippen molar-refractivity contribution in [3.63, 3.8) is 0 Å². The van der Waals surface area contributed by atoms with Crippen LogP contribution in [0.15, 0.2) is 18.2 Å². The SMILES string of the molecule is CN1CCOc2ccc(C3CCN3)cc21. The van der Waals surface area contributed by atoms with Crippen LogP contribution in [0.4, 0.5) is 5.69 Å². The van der Waals surface area contributed by atoms with Crippen molar-refractivity contribution in [1.82, 2.24) is 5.32 Å². The summed E-state index contributed by atoms with van der Waals surface area (Å²) in [6, 6.07) is 7.09. The number of anilines is 1. The Kier molecular flexibility index (Phi) is 2.06. The Morgan fingerprint density at radius 3 is 3.07 bits per heavy atom. The molecule has 3 rings (SSSR count). The molecule has 0 amide bonds. The third-order valence-electron chi connectivity index (χ3n) is 3.30. The molecule has 1 saturated heterocycles. The first kappa shape index (κ1) is 9.04. The van der Waals surface area contributed by atoms with E-state index in [0.29, 0.717) is 6.04 Å². The molecule has 0 aliphatic carbocycles. The number of nitrogens with one attached hydrogen (secondary N) is 1. The first-order chi connectivity index (χ1) is 7.34. The highest BCUT2D eigenvalue weighted by molar-refractivity contribution is 5.61. The Labute approximate surface area is 90.0 Å². The van der Waals surface area contributed by atoms with Crippen molar-refractivity contribution in [2.24, 2.45) is 0 Å². The third-order valence-corrected chi connectivity index (χ3v) is 3.30. The predicted molar refractivity (Wildman–Crippen MR) is 60.6 cm³/mol. The van der Waals surface area contributed by atoms with Gasteiger partial charge in [-0.25, -0.2) is 0 Å². The summed E-state index contributed by atoms with van der Waals surface area (Å²) < 4.78 is 5.62. The van der Waals surface area contributed by atoms with E-state index in [1.54, 1.807) is 0 Å². The van der Waals surface area contributed by atoms with Gasteiger partial charge in [0.2, 0.25) is 0 Å². The van der Waals surface area contributed by atoms with E-state index in [-0.39, 0.29) is 0 Å². The molecule has 0 aromatic heterocycles. The summed E-state index contributed by atoms with van der Waals surface area (Å²) in [5, 5.41) is 3.42. The number of hydrogen-bond donors (Lipinski definition) is 1. The lowest BCUT2D eigenvalue weighted by Crippen LogP contribution is -2.35. The summed E-state index contributed by atoms with van der Waals surface area (Å²) in [7, 11) is 2.12. The Balaban J connectivity index is 1.95. The second-order valence-corrected chi connectivity index (χ2v) is 4.29. The summed E-state index contributed by atoms with van der Waals surface area (Å²) in [6.07, 6.45) is 1.25. The van der Waals surface area contributed by atoms with Gasteiger partial charge in [0.05, 0.1) is 12.2 Å². The van der Waals surface area contributed by atoms with Crippen LogP contribution in [0, 0.1) is 0 Å². The van der Waals surface area contributed by atoms with Gasteiger partial charge in [-0.3, -0.25) is 0 Å². The van der Waals surface area contributed by atoms with Crippen LogP contribution < -0.4 is 15.0 Å². The lowest BCUT2D eigenvalue weighted by atomic mass is 9.97. The van der Waals surface area contributed by atoms with Gasteiger partial charge in [-0.15, -0.1) is 0 Å². The number of ether oxygens (including phenoxy) is 1. The van der Waals surface area contributed by atoms with Crippen molar-refractivity contribution in [1.29, 1.82) is 0 Å². The fraction of sp³-hybridized carbons (Fsp3) is 0.500. The molecule has 1 atom stereocenters. The molecule has 80 valence electrons. The highest BCUT2D eigenvalue weighted by Gasteiger charge is 2.21. The molecule has 2 heterocycles. The maximum atomic E-state index is 5.62. The fourth-order valence-corrected chi connectivity index (χ4v) is 2.16. The molecule has 3 nitrogen and oxygen atoms in total. The van der Waals surface area contributed by atoms with Crippen molar-refractivity contribution in [2.45, 2.75) is 12.5 Å². The average Bonchev–Trinajstić information content (AvgIpc) is 2.17. The molecule has 0 radical (unpaired) electrons. The number of fused-ring (bicyclic) bond motifs is 1. The average molecular weight is 204 g/mol. The topological polar surface area (TPSA) is 24.5 Å². The van der Waals surface area contributed by atoms with Crippen LogP contribution in [0.25, 0.3) is 0 Å². The van der Waals surface area contributed by atoms with Crippen LogP contribution in [-0.4, -0.2) is 26.7 Å². The highest BCUT2D eigenvalue weighted by Crippen LogP contribution is 2.34. The molecule has 1 fully saturated rings. The van der Waals surface area contributed by atoms with Crippen LogP contribution in [0.2, 0.25) is 0 Å².